The van der Waals surface area contributed by atoms with Crippen LogP contribution in [0.2, 0.25) is 0 Å². The zero-order valence-electron chi connectivity index (χ0n) is 11.0. The van der Waals surface area contributed by atoms with Gasteiger partial charge in [0, 0.05) is 6.54 Å². The lowest BCUT2D eigenvalue weighted by molar-refractivity contribution is -0.143. The Kier molecular flexibility index (Phi) is 6.12. The summed E-state index contributed by atoms with van der Waals surface area (Å²) in [6.07, 6.45) is 1.51. The molecule has 1 aliphatic rings. The minimum absolute atomic E-state index is 0. The summed E-state index contributed by atoms with van der Waals surface area (Å²) in [5, 5.41) is 8.94. The van der Waals surface area contributed by atoms with Gasteiger partial charge in [-0.15, -0.1) is 12.4 Å². The second-order valence-corrected chi connectivity index (χ2v) is 4.74. The van der Waals surface area contributed by atoms with Crippen LogP contribution in [0.5, 0.6) is 5.75 Å². The molecule has 1 saturated heterocycles. The molecule has 1 N–H and O–H groups in total. The maximum absolute atomic E-state index is 10.9. The van der Waals surface area contributed by atoms with E-state index in [1.807, 2.05) is 12.1 Å². The number of ether oxygens (including phenoxy) is 1. The first kappa shape index (κ1) is 15.8. The molecule has 0 saturated carbocycles. The molecule has 4 nitrogen and oxygen atoms in total. The smallest absolute Gasteiger partial charge is 0.306 e. The predicted octanol–water partition coefficient (Wildman–Crippen LogP) is 2.41. The van der Waals surface area contributed by atoms with E-state index in [9.17, 15) is 4.79 Å². The van der Waals surface area contributed by atoms with Crippen molar-refractivity contribution in [2.75, 3.05) is 20.2 Å². The average Bonchev–Trinajstić information content (AvgIpc) is 2.40. The molecule has 1 aliphatic heterocycles. The number of carbonyl (C=O) groups is 1. The van der Waals surface area contributed by atoms with E-state index >= 15 is 0 Å². The van der Waals surface area contributed by atoms with Gasteiger partial charge in [-0.05, 0) is 43.6 Å². The number of carboxylic acids is 1. The van der Waals surface area contributed by atoms with Crippen molar-refractivity contribution >= 4 is 18.4 Å². The number of hydrogen-bond acceptors (Lipinski definition) is 3. The summed E-state index contributed by atoms with van der Waals surface area (Å²) in [4.78, 5) is 13.2. The Morgan fingerprint density at radius 3 is 2.37 bits per heavy atom. The number of methoxy groups -OCH3 is 1. The first-order chi connectivity index (χ1) is 8.69. The Balaban J connectivity index is 0.00000180. The zero-order chi connectivity index (χ0) is 13.0. The lowest BCUT2D eigenvalue weighted by Crippen LogP contribution is -2.35. The average molecular weight is 286 g/mol. The van der Waals surface area contributed by atoms with Gasteiger partial charge < -0.3 is 9.84 Å². The molecule has 0 radical (unpaired) electrons. The fourth-order valence-corrected chi connectivity index (χ4v) is 2.33. The van der Waals surface area contributed by atoms with Crippen LogP contribution < -0.4 is 4.74 Å². The minimum Gasteiger partial charge on any atom is -0.497 e. The summed E-state index contributed by atoms with van der Waals surface area (Å²) in [5.41, 5.74) is 1.24. The quantitative estimate of drug-likeness (QED) is 0.923. The SMILES string of the molecule is COc1ccc(CN2CCC(C(=O)O)CC2)cc1.Cl. The molecule has 1 aromatic carbocycles. The van der Waals surface area contributed by atoms with Crippen LogP contribution in [0.1, 0.15) is 18.4 Å². The summed E-state index contributed by atoms with van der Waals surface area (Å²) >= 11 is 0. The molecular formula is C14H20ClNO3. The van der Waals surface area contributed by atoms with Gasteiger partial charge in [0.15, 0.2) is 0 Å². The van der Waals surface area contributed by atoms with Crippen LogP contribution in [0.3, 0.4) is 0 Å². The van der Waals surface area contributed by atoms with Crippen molar-refractivity contribution in [3.8, 4) is 5.75 Å². The van der Waals surface area contributed by atoms with Crippen LogP contribution in [0.25, 0.3) is 0 Å². The highest BCUT2D eigenvalue weighted by molar-refractivity contribution is 5.85. The number of aliphatic carboxylic acids is 1. The highest BCUT2D eigenvalue weighted by atomic mass is 35.5. The highest BCUT2D eigenvalue weighted by Crippen LogP contribution is 2.20. The summed E-state index contributed by atoms with van der Waals surface area (Å²) in [5.74, 6) is 0.0551. The second kappa shape index (κ2) is 7.36. The van der Waals surface area contributed by atoms with E-state index in [0.717, 1.165) is 38.2 Å². The third-order valence-electron chi connectivity index (χ3n) is 3.50. The van der Waals surface area contributed by atoms with Crippen LogP contribution in [-0.2, 0) is 11.3 Å². The lowest BCUT2D eigenvalue weighted by atomic mass is 9.97. The Bertz CT molecular complexity index is 400. The van der Waals surface area contributed by atoms with Crippen molar-refractivity contribution in [2.24, 2.45) is 5.92 Å². The van der Waals surface area contributed by atoms with Crippen LogP contribution in [0, 0.1) is 5.92 Å². The summed E-state index contributed by atoms with van der Waals surface area (Å²) in [6, 6.07) is 8.03. The monoisotopic (exact) mass is 285 g/mol. The van der Waals surface area contributed by atoms with Crippen molar-refractivity contribution in [1.82, 2.24) is 4.90 Å². The van der Waals surface area contributed by atoms with E-state index < -0.39 is 5.97 Å². The normalized spacial score (nSPS) is 16.7. The van der Waals surface area contributed by atoms with E-state index in [2.05, 4.69) is 17.0 Å². The van der Waals surface area contributed by atoms with Gasteiger partial charge in [0.2, 0.25) is 0 Å². The number of benzene rings is 1. The van der Waals surface area contributed by atoms with Gasteiger partial charge in [0.1, 0.15) is 5.75 Å². The van der Waals surface area contributed by atoms with Crippen LogP contribution in [0.4, 0.5) is 0 Å². The molecule has 0 amide bonds. The molecule has 0 aliphatic carbocycles. The zero-order valence-corrected chi connectivity index (χ0v) is 11.9. The fourth-order valence-electron chi connectivity index (χ4n) is 2.33. The van der Waals surface area contributed by atoms with Crippen molar-refractivity contribution in [3.05, 3.63) is 29.8 Å². The van der Waals surface area contributed by atoms with Crippen molar-refractivity contribution < 1.29 is 14.6 Å². The molecular weight excluding hydrogens is 266 g/mol. The first-order valence-electron chi connectivity index (χ1n) is 6.27. The van der Waals surface area contributed by atoms with E-state index in [0.29, 0.717) is 0 Å². The molecule has 19 heavy (non-hydrogen) atoms. The van der Waals surface area contributed by atoms with Crippen molar-refractivity contribution in [1.29, 1.82) is 0 Å². The summed E-state index contributed by atoms with van der Waals surface area (Å²) < 4.78 is 5.12. The van der Waals surface area contributed by atoms with Gasteiger partial charge in [0.25, 0.3) is 0 Å². The van der Waals surface area contributed by atoms with E-state index in [-0.39, 0.29) is 18.3 Å². The maximum Gasteiger partial charge on any atom is 0.306 e. The van der Waals surface area contributed by atoms with Gasteiger partial charge >= 0.3 is 5.97 Å². The Hall–Kier alpha value is -1.26. The largest absolute Gasteiger partial charge is 0.497 e. The van der Waals surface area contributed by atoms with Gasteiger partial charge in [-0.25, -0.2) is 0 Å². The standard InChI is InChI=1S/C14H19NO3.ClH/c1-18-13-4-2-11(3-5-13)10-15-8-6-12(7-9-15)14(16)17;/h2-5,12H,6-10H2,1H3,(H,16,17);1H. The maximum atomic E-state index is 10.9. The van der Waals surface area contributed by atoms with E-state index in [1.54, 1.807) is 7.11 Å². The Morgan fingerprint density at radius 1 is 1.32 bits per heavy atom. The summed E-state index contributed by atoms with van der Waals surface area (Å²) in [7, 11) is 1.66. The van der Waals surface area contributed by atoms with Gasteiger partial charge in [-0.1, -0.05) is 12.1 Å². The first-order valence-corrected chi connectivity index (χ1v) is 6.27. The molecule has 0 atom stereocenters. The molecule has 0 bridgehead atoms. The molecule has 0 unspecified atom stereocenters. The molecule has 106 valence electrons. The molecule has 0 spiro atoms. The Morgan fingerprint density at radius 2 is 1.89 bits per heavy atom. The van der Waals surface area contributed by atoms with Gasteiger partial charge in [0.05, 0.1) is 13.0 Å². The number of rotatable bonds is 4. The van der Waals surface area contributed by atoms with Crippen LogP contribution in [0.15, 0.2) is 24.3 Å². The number of piperidine rings is 1. The van der Waals surface area contributed by atoms with E-state index in [1.165, 1.54) is 5.56 Å². The number of likely N-dealkylation sites (tertiary alicyclic amines) is 1. The van der Waals surface area contributed by atoms with Crippen LogP contribution in [-0.4, -0.2) is 36.2 Å². The summed E-state index contributed by atoms with van der Waals surface area (Å²) in [6.45, 7) is 2.61. The molecule has 5 heteroatoms. The van der Waals surface area contributed by atoms with Gasteiger partial charge in [-0.2, -0.15) is 0 Å². The molecule has 2 rings (SSSR count). The molecule has 1 aromatic rings. The van der Waals surface area contributed by atoms with Crippen molar-refractivity contribution in [2.45, 2.75) is 19.4 Å². The number of nitrogens with zero attached hydrogens (tertiary/aromatic N) is 1. The Labute approximate surface area is 119 Å². The van der Waals surface area contributed by atoms with Gasteiger partial charge in [-0.3, -0.25) is 9.69 Å². The number of carboxylic acid groups (broad SMARTS) is 1. The molecule has 1 fully saturated rings. The third-order valence-corrected chi connectivity index (χ3v) is 3.50. The van der Waals surface area contributed by atoms with Crippen molar-refractivity contribution in [3.63, 3.8) is 0 Å². The fraction of sp³-hybridized carbons (Fsp3) is 0.500. The minimum atomic E-state index is -0.654. The predicted molar refractivity (Wildman–Crippen MR) is 75.9 cm³/mol. The molecule has 1 heterocycles. The molecule has 0 aromatic heterocycles. The third kappa shape index (κ3) is 4.40. The highest BCUT2D eigenvalue weighted by Gasteiger charge is 2.24. The van der Waals surface area contributed by atoms with E-state index in [4.69, 9.17) is 9.84 Å². The number of hydrogen-bond donors (Lipinski definition) is 1. The topological polar surface area (TPSA) is 49.8 Å². The van der Waals surface area contributed by atoms with Crippen LogP contribution >= 0.6 is 12.4 Å². The second-order valence-electron chi connectivity index (χ2n) is 4.74. The number of halogens is 1. The lowest BCUT2D eigenvalue weighted by Gasteiger charge is -2.30.